The summed E-state index contributed by atoms with van der Waals surface area (Å²) in [6.45, 7) is -0.184. The molecular weight excluding hydrogens is 1500 g/mol. The molecule has 0 aliphatic heterocycles. The highest BCUT2D eigenvalue weighted by Gasteiger charge is 2.43. The lowest BCUT2D eigenvalue weighted by atomic mass is 9.95. The summed E-state index contributed by atoms with van der Waals surface area (Å²) in [4.78, 5) is 189. The number of quaternary nitrogens is 1. The quantitative estimate of drug-likeness (QED) is 0.0277. The molecule has 0 bridgehead atoms. The number of benzene rings is 2. The molecule has 110 heavy (non-hydrogen) atoms. The number of nitrogens with two attached hydrogens (primary N) is 1. The average molecular weight is 1600 g/mol. The Bertz CT molecular complexity index is 3090. The third-order valence-corrected chi connectivity index (χ3v) is 12.4. The van der Waals surface area contributed by atoms with Gasteiger partial charge in [0, 0.05) is 40.3 Å². The fourth-order valence-electron chi connectivity index (χ4n) is 7.36. The van der Waals surface area contributed by atoms with Gasteiger partial charge in [-0.3, -0.25) is 76.7 Å². The molecule has 0 saturated carbocycles. The van der Waals surface area contributed by atoms with Gasteiger partial charge in [0.25, 0.3) is 0 Å². The second kappa shape index (κ2) is 63.4. The maximum Gasteiger partial charge on any atom is 0.359 e. The summed E-state index contributed by atoms with van der Waals surface area (Å²) in [5, 5.41) is 168. The molecule has 3 atom stereocenters. The number of hydrogen-bond donors (Lipinski definition) is 23. The fraction of sp³-hybridized carbons (Fsp3) is 0.516. The van der Waals surface area contributed by atoms with Crippen LogP contribution in [0.4, 0.5) is 0 Å². The molecule has 0 aliphatic carbocycles. The van der Waals surface area contributed by atoms with Gasteiger partial charge < -0.3 is 133 Å². The van der Waals surface area contributed by atoms with Crippen LogP contribution in [0.25, 0.3) is 0 Å². The third-order valence-electron chi connectivity index (χ3n) is 12.4. The Morgan fingerprint density at radius 2 is 0.873 bits per heavy atom. The summed E-state index contributed by atoms with van der Waals surface area (Å²) in [6, 6.07) is 8.95. The van der Waals surface area contributed by atoms with Crippen LogP contribution in [0.15, 0.2) is 42.5 Å². The van der Waals surface area contributed by atoms with E-state index in [9.17, 15) is 86.3 Å². The van der Waals surface area contributed by atoms with Crippen LogP contribution in [-0.4, -0.2) is 396 Å². The van der Waals surface area contributed by atoms with Crippen molar-refractivity contribution < 1.29 is 202 Å². The molecule has 0 spiro atoms. The van der Waals surface area contributed by atoms with Gasteiger partial charge in [-0.25, -0.2) is 28.8 Å². The topological polar surface area (TPSA) is 791 Å². The summed E-state index contributed by atoms with van der Waals surface area (Å²) < 4.78 is 13.6. The maximum absolute atomic E-state index is 10.7. The summed E-state index contributed by atoms with van der Waals surface area (Å²) in [5.74, 6) is -20.0. The predicted octanol–water partition coefficient (Wildman–Crippen LogP) is -4.82. The molecule has 0 aliphatic rings. The number of rotatable bonds is 44. The first-order chi connectivity index (χ1) is 50.7. The molecular formula is C62H99N8O40+. The number of likely N-dealkylation sites (N-methyl/N-ethyl adjacent to an activating group) is 5. The van der Waals surface area contributed by atoms with Crippen LogP contribution < -0.4 is 26.4 Å². The van der Waals surface area contributed by atoms with Gasteiger partial charge >= 0.3 is 107 Å². The van der Waals surface area contributed by atoms with Crippen molar-refractivity contribution in [2.24, 2.45) is 5.73 Å². The van der Waals surface area contributed by atoms with Gasteiger partial charge in [-0.05, 0) is 77.8 Å². The number of aliphatic carboxylic acids is 16. The van der Waals surface area contributed by atoms with E-state index in [1.165, 1.54) is 62.1 Å². The number of methoxy groups -OCH3 is 3. The van der Waals surface area contributed by atoms with E-state index in [-0.39, 0.29) is 69.8 Å². The fourth-order valence-corrected chi connectivity index (χ4v) is 7.36. The second-order valence-electron chi connectivity index (χ2n) is 22.1. The van der Waals surface area contributed by atoms with Crippen molar-refractivity contribution in [3.05, 3.63) is 64.7 Å². The monoisotopic (exact) mass is 1600 g/mol. The average Bonchev–Trinajstić information content (AvgIpc) is 1.69. The first kappa shape index (κ1) is 112. The zero-order chi connectivity index (χ0) is 87.4. The number of aliphatic hydroxyl groups excluding tert-OH is 1. The Kier molecular flexibility index (Phi) is 64.3. The molecule has 24 N–H and O–H groups in total. The van der Waals surface area contributed by atoms with Gasteiger partial charge in [0.15, 0.2) is 25.2 Å². The number of nitrogens with zero attached hydrogens (tertiary/aromatic N) is 4. The lowest BCUT2D eigenvalue weighted by Gasteiger charge is -2.28. The predicted molar refractivity (Wildman–Crippen MR) is 370 cm³/mol. The first-order valence-corrected chi connectivity index (χ1v) is 30.8. The number of carboxylic acids is 18. The van der Waals surface area contributed by atoms with Gasteiger partial charge in [-0.2, -0.15) is 0 Å². The van der Waals surface area contributed by atoms with Crippen molar-refractivity contribution in [1.29, 1.82) is 0 Å². The lowest BCUT2D eigenvalue weighted by molar-refractivity contribution is -0.888. The highest BCUT2D eigenvalue weighted by atomic mass is 16.5. The first-order valence-electron chi connectivity index (χ1n) is 30.8. The molecule has 48 heteroatoms. The minimum absolute atomic E-state index is 0.112. The van der Waals surface area contributed by atoms with Gasteiger partial charge in [0.2, 0.25) is 0 Å². The number of aromatic carboxylic acids is 2. The smallest absolute Gasteiger partial charge is 0.359 e. The number of ether oxygens (including phenoxy) is 3. The molecule has 2 aromatic rings. The summed E-state index contributed by atoms with van der Waals surface area (Å²) in [6.07, 6.45) is -1.48. The molecule has 0 amide bonds. The van der Waals surface area contributed by atoms with Crippen LogP contribution in [0, 0.1) is 6.92 Å². The van der Waals surface area contributed by atoms with Crippen LogP contribution in [0.2, 0.25) is 0 Å². The van der Waals surface area contributed by atoms with E-state index in [0.717, 1.165) is 24.0 Å². The minimum atomic E-state index is -2.20. The van der Waals surface area contributed by atoms with Crippen molar-refractivity contribution in [3.63, 3.8) is 0 Å². The van der Waals surface area contributed by atoms with Crippen LogP contribution in [0.5, 0.6) is 5.75 Å². The molecule has 0 saturated heterocycles. The number of carboxylic acid groups (broad SMARTS) is 18. The number of carbonyl (C=O) groups is 18. The molecule has 626 valence electrons. The van der Waals surface area contributed by atoms with E-state index in [1.807, 2.05) is 12.1 Å². The van der Waals surface area contributed by atoms with E-state index in [4.69, 9.17) is 112 Å². The van der Waals surface area contributed by atoms with Crippen LogP contribution in [0.1, 0.15) is 57.5 Å². The Balaban J connectivity index is -0.000000218. The van der Waals surface area contributed by atoms with E-state index in [0.29, 0.717) is 32.7 Å². The summed E-state index contributed by atoms with van der Waals surface area (Å²) in [5.41, 5.74) is 4.45. The van der Waals surface area contributed by atoms with Gasteiger partial charge in [0.05, 0.1) is 90.6 Å². The molecule has 0 radical (unpaired) electrons. The van der Waals surface area contributed by atoms with Crippen LogP contribution in [-0.2, 0) is 92.6 Å². The molecule has 48 nitrogen and oxygen atoms in total. The minimum Gasteiger partial charge on any atom is -0.497 e. The van der Waals surface area contributed by atoms with E-state index < -0.39 is 168 Å². The largest absolute Gasteiger partial charge is 0.497 e. The molecule has 2 rings (SSSR count). The van der Waals surface area contributed by atoms with Crippen LogP contribution in [0.3, 0.4) is 0 Å². The number of aliphatic hydroxyl groups is 1. The van der Waals surface area contributed by atoms with Gasteiger partial charge in [-0.1, -0.05) is 23.8 Å². The van der Waals surface area contributed by atoms with Crippen molar-refractivity contribution in [2.45, 2.75) is 62.8 Å². The van der Waals surface area contributed by atoms with Crippen molar-refractivity contribution in [2.75, 3.05) is 148 Å². The standard InChI is InChI=1S/C10H13NO3.C9H8O4.C7H14N2O4.C7H11NO6.C7H13NO5.C7H10O7.C6H11NO4.C5H9NO4.C4H9NO3/c1-14-8-4-2-7(3-5-8)6-9(11)10(12)13;1-5-2-3-6(8(10)11)7(4-5)9(12)13;1-8-2-3-9(4-6(10)11)5-7(12)13;1-8(2-5(9)10,3-6(11)12)4-7(13)14;1-13-3-2-8(4-6(9)10)5-7(11)12;1-14-7(6(12)13,2-4(8)9)3-5(10)11;1-7-4(6(10)11)2-3-5(8)9;1-6(2-4(7)8)3-5(9)10;1-5-3(2-6)4(7)8/h2-5,9H,6,11H2,1H3,(H,12,13);2-4H,1H3,(H,10,11)(H,12,13);8H,2-5H2,1H3,(H,10,11)(H,12,13);2-4H2,1H3,(H2-,9,10,11,12,13,14);2-5H2,1H3,(H,9,10)(H,11,12);2-3H2,1H3,(H,8,9)(H,10,11)(H,12,13);4,7H,2-3H2,1H3,(H,8,9)(H,10,11);2-3H2,1H3,(H,7,8)(H,9,10);3,5-6H,2H2,1H3,(H,7,8)/p+1/t9-;;;;;;4-;;3-/m0.....0.0/s1. The normalized spacial score (nSPS) is 11.0. The van der Waals surface area contributed by atoms with Gasteiger partial charge in [0.1, 0.15) is 23.9 Å². The summed E-state index contributed by atoms with van der Waals surface area (Å²) >= 11 is 0. The zero-order valence-corrected chi connectivity index (χ0v) is 61.1. The highest BCUT2D eigenvalue weighted by molar-refractivity contribution is 6.01. The van der Waals surface area contributed by atoms with E-state index >= 15 is 0 Å². The highest BCUT2D eigenvalue weighted by Crippen LogP contribution is 2.21. The van der Waals surface area contributed by atoms with Crippen molar-refractivity contribution in [1.82, 2.24) is 30.7 Å². The molecule has 0 aromatic heterocycles. The number of nitrogens with one attached hydrogen (secondary N) is 3. The molecule has 2 aromatic carbocycles. The number of hydrogen-bond acceptors (Lipinski definition) is 29. The SMILES string of the molecule is CN(CC(=O)O)CC(=O)O.CNCCN(CC(=O)O)CC(=O)O.CN[C@@H](CCC(=O)O)C(=O)O.CN[C@@H](CO)C(=O)O.COC(CC(=O)O)(CC(=O)O)C(=O)O.COCCN(CC(=O)O)CC(=O)O.COc1ccc(C[C@H](N)C(=O)O)cc1.C[N+](CC(=O)O)(CC(=O)O)CC(=O)O.Cc1ccc(C(=O)O)c(C(=O)O)c1. The molecule has 0 fully saturated rings. The third kappa shape index (κ3) is 66.9. The Morgan fingerprint density at radius 3 is 1.13 bits per heavy atom. The lowest BCUT2D eigenvalue weighted by Crippen LogP contribution is -2.53. The molecule has 0 heterocycles. The molecule has 0 unspecified atom stereocenters. The van der Waals surface area contributed by atoms with Crippen LogP contribution >= 0.6 is 0 Å². The van der Waals surface area contributed by atoms with Crippen molar-refractivity contribution >= 4 is 107 Å². The second-order valence-corrected chi connectivity index (χ2v) is 22.1. The summed E-state index contributed by atoms with van der Waals surface area (Å²) in [7, 11) is 11.4. The Morgan fingerprint density at radius 1 is 0.491 bits per heavy atom. The van der Waals surface area contributed by atoms with E-state index in [1.54, 1.807) is 39.3 Å². The number of aryl methyl sites for hydroxylation is 1. The Labute approximate surface area is 625 Å². The zero-order valence-electron chi connectivity index (χ0n) is 61.1. The van der Waals surface area contributed by atoms with Crippen molar-refractivity contribution in [3.8, 4) is 5.75 Å². The Hall–Kier alpha value is -11.7. The van der Waals surface area contributed by atoms with Gasteiger partial charge in [-0.15, -0.1) is 0 Å². The maximum atomic E-state index is 10.7. The van der Waals surface area contributed by atoms with E-state index in [2.05, 4.69) is 20.7 Å².